The van der Waals surface area contributed by atoms with Gasteiger partial charge in [-0.3, -0.25) is 0 Å². The largest absolute Gasteiger partial charge is 0.354 e. The van der Waals surface area contributed by atoms with Gasteiger partial charge in [0, 0.05) is 39.3 Å². The molecule has 2 aromatic rings. The zero-order valence-corrected chi connectivity index (χ0v) is 16.7. The summed E-state index contributed by atoms with van der Waals surface area (Å²) in [4.78, 5) is 11.4. The van der Waals surface area contributed by atoms with Crippen molar-refractivity contribution in [1.29, 1.82) is 0 Å². The first-order valence-electron chi connectivity index (χ1n) is 9.28. The van der Waals surface area contributed by atoms with Gasteiger partial charge < -0.3 is 4.90 Å². The zero-order valence-electron chi connectivity index (χ0n) is 15.1. The minimum atomic E-state index is -3.34. The van der Waals surface area contributed by atoms with Gasteiger partial charge in [0.1, 0.15) is 11.6 Å². The molecule has 7 nitrogen and oxygen atoms in total. The number of aryl methyl sites for hydroxylation is 1. The second-order valence-electron chi connectivity index (χ2n) is 6.94. The molecule has 4 heterocycles. The normalized spacial score (nSPS) is 21.2. The van der Waals surface area contributed by atoms with Gasteiger partial charge in [-0.1, -0.05) is 6.42 Å². The van der Waals surface area contributed by atoms with Gasteiger partial charge in [-0.15, -0.1) is 11.3 Å². The van der Waals surface area contributed by atoms with E-state index in [-0.39, 0.29) is 0 Å². The minimum Gasteiger partial charge on any atom is -0.354 e. The molecule has 9 heteroatoms. The summed E-state index contributed by atoms with van der Waals surface area (Å²) in [5.41, 5.74) is 0.972. The first kappa shape index (κ1) is 18.1. The molecule has 4 rings (SSSR count). The predicted molar refractivity (Wildman–Crippen MR) is 105 cm³/mol. The highest BCUT2D eigenvalue weighted by Gasteiger charge is 2.32. The molecular formula is C17H25N5O2S2. The van der Waals surface area contributed by atoms with Crippen LogP contribution < -0.4 is 4.90 Å². The predicted octanol–water partition coefficient (Wildman–Crippen LogP) is 2.24. The zero-order chi connectivity index (χ0) is 18.1. The Morgan fingerprint density at radius 2 is 1.65 bits per heavy atom. The Bertz CT molecular complexity index is 876. The van der Waals surface area contributed by atoms with Crippen molar-refractivity contribution in [3.05, 3.63) is 17.3 Å². The maximum atomic E-state index is 13.0. The summed E-state index contributed by atoms with van der Waals surface area (Å²) in [6.07, 6.45) is 3.87. The molecule has 26 heavy (non-hydrogen) atoms. The molecule has 142 valence electrons. The van der Waals surface area contributed by atoms with Crippen LogP contribution in [0.2, 0.25) is 0 Å². The van der Waals surface area contributed by atoms with Crippen LogP contribution in [0.5, 0.6) is 0 Å². The number of fused-ring (bicyclic) bond motifs is 1. The van der Waals surface area contributed by atoms with Crippen molar-refractivity contribution in [2.24, 2.45) is 0 Å². The molecule has 0 atom stereocenters. The lowest BCUT2D eigenvalue weighted by Crippen LogP contribution is -2.47. The van der Waals surface area contributed by atoms with E-state index >= 15 is 0 Å². The number of anilines is 1. The van der Waals surface area contributed by atoms with Gasteiger partial charge in [-0.2, -0.15) is 17.0 Å². The lowest BCUT2D eigenvalue weighted by atomic mass is 10.2. The number of nitrogens with zero attached hydrogens (tertiary/aromatic N) is 5. The monoisotopic (exact) mass is 395 g/mol. The molecule has 0 N–H and O–H groups in total. The molecule has 0 unspecified atom stereocenters. The molecular weight excluding hydrogens is 370 g/mol. The second-order valence-corrected chi connectivity index (χ2v) is 9.78. The Hall–Kier alpha value is -1.29. The maximum absolute atomic E-state index is 13.0. The first-order valence-corrected chi connectivity index (χ1v) is 11.6. The van der Waals surface area contributed by atoms with Gasteiger partial charge in [-0.05, 0) is 37.6 Å². The summed E-state index contributed by atoms with van der Waals surface area (Å²) in [6, 6.07) is 2.02. The number of hydrogen-bond acceptors (Lipinski definition) is 6. The number of thiophene rings is 1. The molecule has 0 bridgehead atoms. The van der Waals surface area contributed by atoms with Crippen LogP contribution in [0.15, 0.2) is 11.4 Å². The molecule has 0 spiro atoms. The third-order valence-electron chi connectivity index (χ3n) is 5.12. The number of rotatable bonds is 3. The van der Waals surface area contributed by atoms with Gasteiger partial charge in [-0.25, -0.2) is 9.97 Å². The highest BCUT2D eigenvalue weighted by Crippen LogP contribution is 2.30. The Morgan fingerprint density at radius 1 is 0.923 bits per heavy atom. The fraction of sp³-hybridized carbons (Fsp3) is 0.647. The SMILES string of the molecule is Cc1nc(N2CCCN(S(=O)(=O)N3CCCCC3)CC2)c2sccc2n1. The lowest BCUT2D eigenvalue weighted by Gasteiger charge is -2.31. The Morgan fingerprint density at radius 3 is 2.46 bits per heavy atom. The molecule has 2 aromatic heterocycles. The van der Waals surface area contributed by atoms with Crippen LogP contribution in [0.1, 0.15) is 31.5 Å². The average Bonchev–Trinajstić information content (AvgIpc) is 2.96. The highest BCUT2D eigenvalue weighted by atomic mass is 32.2. The molecule has 0 amide bonds. The van der Waals surface area contributed by atoms with Crippen LogP contribution in [-0.4, -0.2) is 66.3 Å². The van der Waals surface area contributed by atoms with Crippen LogP contribution in [0.25, 0.3) is 10.2 Å². The first-order chi connectivity index (χ1) is 12.6. The van der Waals surface area contributed by atoms with Crippen molar-refractivity contribution in [3.63, 3.8) is 0 Å². The molecule has 2 fully saturated rings. The molecule has 0 radical (unpaired) electrons. The van der Waals surface area contributed by atoms with E-state index in [1.807, 2.05) is 18.4 Å². The van der Waals surface area contributed by atoms with E-state index in [9.17, 15) is 8.42 Å². The number of aromatic nitrogens is 2. The van der Waals surface area contributed by atoms with Crippen molar-refractivity contribution in [2.45, 2.75) is 32.6 Å². The average molecular weight is 396 g/mol. The van der Waals surface area contributed by atoms with Gasteiger partial charge in [0.25, 0.3) is 10.2 Å². The second kappa shape index (κ2) is 7.38. The third-order valence-corrected chi connectivity index (χ3v) is 8.05. The van der Waals surface area contributed by atoms with Gasteiger partial charge in [0.05, 0.1) is 10.2 Å². The van der Waals surface area contributed by atoms with E-state index in [0.717, 1.165) is 54.1 Å². The van der Waals surface area contributed by atoms with Gasteiger partial charge >= 0.3 is 0 Å². The smallest absolute Gasteiger partial charge is 0.282 e. The molecule has 0 saturated carbocycles. The van der Waals surface area contributed by atoms with Gasteiger partial charge in [0.2, 0.25) is 0 Å². The van der Waals surface area contributed by atoms with E-state index in [2.05, 4.69) is 14.9 Å². The summed E-state index contributed by atoms with van der Waals surface area (Å²) in [6.45, 7) is 5.78. The summed E-state index contributed by atoms with van der Waals surface area (Å²) >= 11 is 1.65. The summed E-state index contributed by atoms with van der Waals surface area (Å²) in [7, 11) is -3.34. The van der Waals surface area contributed by atoms with Crippen molar-refractivity contribution in [2.75, 3.05) is 44.2 Å². The Kier molecular flexibility index (Phi) is 5.13. The maximum Gasteiger partial charge on any atom is 0.282 e. The number of hydrogen-bond donors (Lipinski definition) is 0. The molecule has 2 saturated heterocycles. The van der Waals surface area contributed by atoms with Gasteiger partial charge in [0.15, 0.2) is 0 Å². The van der Waals surface area contributed by atoms with Crippen LogP contribution in [-0.2, 0) is 10.2 Å². The fourth-order valence-electron chi connectivity index (χ4n) is 3.77. The van der Waals surface area contributed by atoms with Crippen LogP contribution >= 0.6 is 11.3 Å². The molecule has 2 aliphatic heterocycles. The summed E-state index contributed by atoms with van der Waals surface area (Å²) in [5.74, 6) is 1.70. The Balaban J connectivity index is 1.54. The lowest BCUT2D eigenvalue weighted by molar-refractivity contribution is 0.307. The standard InChI is InChI=1S/C17H25N5O2S2/c1-14-18-15-6-13-25-16(15)17(19-14)20-7-5-10-22(12-11-20)26(23,24)21-8-3-2-4-9-21/h6,13H,2-5,7-12H2,1H3. The molecule has 0 aromatic carbocycles. The molecule has 0 aliphatic carbocycles. The van der Waals surface area contributed by atoms with Crippen molar-refractivity contribution < 1.29 is 8.42 Å². The van der Waals surface area contributed by atoms with Crippen molar-refractivity contribution in [1.82, 2.24) is 18.6 Å². The Labute approximate surface area is 158 Å². The fourth-order valence-corrected chi connectivity index (χ4v) is 6.34. The van der Waals surface area contributed by atoms with E-state index in [1.54, 1.807) is 19.9 Å². The van der Waals surface area contributed by atoms with Crippen LogP contribution in [0, 0.1) is 6.92 Å². The summed E-state index contributed by atoms with van der Waals surface area (Å²) in [5, 5.41) is 2.03. The third kappa shape index (κ3) is 3.45. The quantitative estimate of drug-likeness (QED) is 0.797. The van der Waals surface area contributed by atoms with Crippen molar-refractivity contribution in [3.8, 4) is 0 Å². The van der Waals surface area contributed by atoms with Crippen LogP contribution in [0.4, 0.5) is 5.82 Å². The highest BCUT2D eigenvalue weighted by molar-refractivity contribution is 7.86. The van der Waals surface area contributed by atoms with Crippen molar-refractivity contribution >= 4 is 37.6 Å². The van der Waals surface area contributed by atoms with E-state index < -0.39 is 10.2 Å². The van der Waals surface area contributed by atoms with E-state index in [1.165, 1.54) is 0 Å². The van der Waals surface area contributed by atoms with Crippen LogP contribution in [0.3, 0.4) is 0 Å². The van der Waals surface area contributed by atoms with E-state index in [0.29, 0.717) is 32.7 Å². The molecule has 2 aliphatic rings. The minimum absolute atomic E-state index is 0.509. The van der Waals surface area contributed by atoms with E-state index in [4.69, 9.17) is 0 Å². The topological polar surface area (TPSA) is 69.6 Å². The number of piperidine rings is 1. The summed E-state index contributed by atoms with van der Waals surface area (Å²) < 4.78 is 30.4.